The summed E-state index contributed by atoms with van der Waals surface area (Å²) in [7, 11) is 0. The fourth-order valence-electron chi connectivity index (χ4n) is 0.825. The molecule has 1 atom stereocenters. The molecule has 1 rings (SSSR count). The number of nitrogens with two attached hydrogens (primary N) is 1. The highest BCUT2D eigenvalue weighted by molar-refractivity contribution is 7.13. The number of carboxylic acids is 1. The highest BCUT2D eigenvalue weighted by atomic mass is 32.1. The van der Waals surface area contributed by atoms with E-state index < -0.39 is 11.6 Å². The van der Waals surface area contributed by atoms with Crippen molar-refractivity contribution in [3.63, 3.8) is 0 Å². The summed E-state index contributed by atoms with van der Waals surface area (Å²) < 4.78 is 0. The zero-order valence-electron chi connectivity index (χ0n) is 6.98. The predicted octanol–water partition coefficient (Wildman–Crippen LogP) is 0.542. The molecule has 1 aromatic heterocycles. The number of aliphatic carboxylic acids is 1. The summed E-state index contributed by atoms with van der Waals surface area (Å²) in [6.45, 7) is 1.12. The van der Waals surface area contributed by atoms with Gasteiger partial charge in [0.15, 0.2) is 5.13 Å². The first-order valence-corrected chi connectivity index (χ1v) is 4.43. The van der Waals surface area contributed by atoms with Gasteiger partial charge in [-0.25, -0.2) is 14.9 Å². The van der Waals surface area contributed by atoms with Gasteiger partial charge in [-0.15, -0.1) is 11.3 Å². The molecule has 0 aliphatic rings. The Kier molecular flexibility index (Phi) is 2.53. The van der Waals surface area contributed by atoms with E-state index in [4.69, 9.17) is 10.8 Å². The number of hydrogen-bond acceptors (Lipinski definition) is 4. The third-order valence-corrected chi connectivity index (χ3v) is 2.26. The van der Waals surface area contributed by atoms with Gasteiger partial charge in [0.1, 0.15) is 0 Å². The van der Waals surface area contributed by atoms with Crippen LogP contribution >= 0.6 is 11.3 Å². The predicted molar refractivity (Wildman–Crippen MR) is 47.0 cm³/mol. The maximum absolute atomic E-state index is 11.3. The molecule has 0 bridgehead atoms. The smallest absolute Gasteiger partial charge is 0.339 e. The Bertz CT molecular complexity index is 321. The maximum Gasteiger partial charge on any atom is 0.339 e. The summed E-state index contributed by atoms with van der Waals surface area (Å²) in [5, 5.41) is 21.8. The Morgan fingerprint density at radius 1 is 1.85 bits per heavy atom. The normalized spacial score (nSPS) is 15.2. The zero-order chi connectivity index (χ0) is 10.1. The van der Waals surface area contributed by atoms with E-state index in [0.717, 1.165) is 6.92 Å². The number of anilines is 1. The molecule has 71 valence electrons. The van der Waals surface area contributed by atoms with E-state index in [1.165, 1.54) is 11.3 Å². The molecular weight excluding hydrogens is 192 g/mol. The van der Waals surface area contributed by atoms with Crippen molar-refractivity contribution < 1.29 is 15.0 Å². The van der Waals surface area contributed by atoms with Gasteiger partial charge in [-0.1, -0.05) is 0 Å². The molecule has 3 N–H and O–H groups in total. The number of rotatable bonds is 3. The minimum Gasteiger partial charge on any atom is -0.479 e. The van der Waals surface area contributed by atoms with Crippen LogP contribution in [0.25, 0.3) is 0 Å². The minimum absolute atomic E-state index is 0.143. The van der Waals surface area contributed by atoms with Crippen molar-refractivity contribution in [2.45, 2.75) is 18.9 Å². The van der Waals surface area contributed by atoms with Crippen molar-refractivity contribution in [3.05, 3.63) is 11.1 Å². The van der Waals surface area contributed by atoms with Crippen LogP contribution in [0.1, 0.15) is 12.6 Å². The molecule has 0 aliphatic carbocycles. The molecule has 0 aliphatic heterocycles. The molecule has 1 unspecified atom stereocenters. The molecule has 13 heavy (non-hydrogen) atoms. The first-order valence-electron chi connectivity index (χ1n) is 3.55. The largest absolute Gasteiger partial charge is 0.479 e. The first kappa shape index (κ1) is 9.94. The van der Waals surface area contributed by atoms with Crippen LogP contribution in [0.15, 0.2) is 5.38 Å². The van der Waals surface area contributed by atoms with Crippen LogP contribution in [0, 0.1) is 0 Å². The second-order valence-corrected chi connectivity index (χ2v) is 3.78. The summed E-state index contributed by atoms with van der Waals surface area (Å²) in [6.07, 6.45) is -0.143. The molecule has 1 heterocycles. The molecular formula is C7H9N2O3S. The highest BCUT2D eigenvalue weighted by Gasteiger charge is 2.33. The molecule has 0 amide bonds. The van der Waals surface area contributed by atoms with E-state index in [-0.39, 0.29) is 6.42 Å². The maximum atomic E-state index is 11.3. The van der Waals surface area contributed by atoms with Crippen LogP contribution in [0.5, 0.6) is 0 Å². The van der Waals surface area contributed by atoms with E-state index in [2.05, 4.69) is 4.98 Å². The number of aromatic nitrogens is 1. The lowest BCUT2D eigenvalue weighted by atomic mass is 10.0. The van der Waals surface area contributed by atoms with Crippen LogP contribution < -0.4 is 5.73 Å². The van der Waals surface area contributed by atoms with Gasteiger partial charge in [0.25, 0.3) is 0 Å². The number of nitrogens with zero attached hydrogens (tertiary/aromatic N) is 1. The van der Waals surface area contributed by atoms with E-state index in [9.17, 15) is 9.90 Å². The Morgan fingerprint density at radius 3 is 2.85 bits per heavy atom. The monoisotopic (exact) mass is 201 g/mol. The van der Waals surface area contributed by atoms with Gasteiger partial charge in [0.05, 0.1) is 5.69 Å². The van der Waals surface area contributed by atoms with Gasteiger partial charge in [-0.3, -0.25) is 0 Å². The topological polar surface area (TPSA) is 96.1 Å². The number of carbonyl (C=O) groups is 1. The third-order valence-electron chi connectivity index (χ3n) is 1.54. The Hall–Kier alpha value is -1.14. The highest BCUT2D eigenvalue weighted by Crippen LogP contribution is 2.17. The molecule has 1 aromatic rings. The average Bonchev–Trinajstić information content (AvgIpc) is 2.34. The lowest BCUT2D eigenvalue weighted by Crippen LogP contribution is -2.35. The van der Waals surface area contributed by atoms with E-state index in [1.807, 2.05) is 0 Å². The van der Waals surface area contributed by atoms with Crippen LogP contribution in [-0.4, -0.2) is 21.7 Å². The van der Waals surface area contributed by atoms with Gasteiger partial charge in [-0.05, 0) is 6.92 Å². The summed E-state index contributed by atoms with van der Waals surface area (Å²) >= 11 is 1.19. The van der Waals surface area contributed by atoms with Gasteiger partial charge >= 0.3 is 5.97 Å². The van der Waals surface area contributed by atoms with Crippen LogP contribution in [-0.2, 0) is 16.3 Å². The molecule has 6 heteroatoms. The van der Waals surface area contributed by atoms with Crippen molar-refractivity contribution in [2.24, 2.45) is 0 Å². The third kappa shape index (κ3) is 2.40. The van der Waals surface area contributed by atoms with Gasteiger partial charge < -0.3 is 10.8 Å². The quantitative estimate of drug-likeness (QED) is 0.746. The second-order valence-electron chi connectivity index (χ2n) is 2.89. The lowest BCUT2D eigenvalue weighted by Gasteiger charge is -2.12. The summed E-state index contributed by atoms with van der Waals surface area (Å²) in [6, 6.07) is 0. The molecule has 0 fully saturated rings. The van der Waals surface area contributed by atoms with Crippen molar-refractivity contribution in [1.29, 1.82) is 0 Å². The standard InChI is InChI=1S/C7H9N2O3S/c1-7(12,5(10)11)2-4-3-13-6(8)9-4/h3H,2H2,1H3,(H2,8,9)(H,10,11). The summed E-state index contributed by atoms with van der Waals surface area (Å²) in [5.74, 6) is -1.38. The van der Waals surface area contributed by atoms with Crippen LogP contribution in [0.3, 0.4) is 0 Å². The number of hydrogen-bond donors (Lipinski definition) is 2. The fourth-order valence-corrected chi connectivity index (χ4v) is 1.39. The van der Waals surface area contributed by atoms with Gasteiger partial charge in [0, 0.05) is 11.8 Å². The molecule has 1 radical (unpaired) electrons. The number of thiazole rings is 1. The van der Waals surface area contributed by atoms with E-state index in [0.29, 0.717) is 10.8 Å². The van der Waals surface area contributed by atoms with Crippen LogP contribution in [0.4, 0.5) is 5.13 Å². The molecule has 0 aromatic carbocycles. The van der Waals surface area contributed by atoms with Crippen LogP contribution in [0.2, 0.25) is 0 Å². The Labute approximate surface area is 78.8 Å². The number of carboxylic acid groups (broad SMARTS) is 1. The SMILES string of the molecule is CC([O])(Cc1csc(N)n1)C(=O)O. The second kappa shape index (κ2) is 3.31. The Balaban J connectivity index is 2.74. The molecule has 0 spiro atoms. The molecule has 5 nitrogen and oxygen atoms in total. The van der Waals surface area contributed by atoms with Gasteiger partial charge in [0.2, 0.25) is 5.60 Å². The van der Waals surface area contributed by atoms with Gasteiger partial charge in [-0.2, -0.15) is 0 Å². The van der Waals surface area contributed by atoms with E-state index >= 15 is 0 Å². The minimum atomic E-state index is -2.03. The summed E-state index contributed by atoms with van der Waals surface area (Å²) in [5.41, 5.74) is 3.74. The molecule has 0 saturated heterocycles. The Morgan fingerprint density at radius 2 is 2.46 bits per heavy atom. The first-order chi connectivity index (χ1) is 5.92. The van der Waals surface area contributed by atoms with Crippen molar-refractivity contribution in [1.82, 2.24) is 4.98 Å². The lowest BCUT2D eigenvalue weighted by molar-refractivity contribution is -0.163. The summed E-state index contributed by atoms with van der Waals surface area (Å²) in [4.78, 5) is 14.3. The van der Waals surface area contributed by atoms with E-state index in [1.54, 1.807) is 5.38 Å². The molecule has 0 saturated carbocycles. The average molecular weight is 201 g/mol. The van der Waals surface area contributed by atoms with Crippen molar-refractivity contribution in [3.8, 4) is 0 Å². The fraction of sp³-hybridized carbons (Fsp3) is 0.429. The zero-order valence-corrected chi connectivity index (χ0v) is 7.80. The van der Waals surface area contributed by atoms with Crippen molar-refractivity contribution >= 4 is 22.4 Å². The van der Waals surface area contributed by atoms with Crippen molar-refractivity contribution in [2.75, 3.05) is 5.73 Å². The number of nitrogen functional groups attached to an aromatic ring is 1.